The van der Waals surface area contributed by atoms with Gasteiger partial charge in [-0.25, -0.2) is 0 Å². The number of amidine groups is 1. The van der Waals surface area contributed by atoms with E-state index in [1.165, 1.54) is 0 Å². The summed E-state index contributed by atoms with van der Waals surface area (Å²) in [4.78, 5) is 2.01. The fraction of sp³-hybridized carbons (Fsp3) is 0.909. The molecule has 0 fully saturated rings. The van der Waals surface area contributed by atoms with Crippen LogP contribution in [0.4, 0.5) is 13.2 Å². The lowest BCUT2D eigenvalue weighted by Crippen LogP contribution is -2.35. The van der Waals surface area contributed by atoms with E-state index in [4.69, 9.17) is 10.9 Å². The first-order valence-corrected chi connectivity index (χ1v) is 6.14. The summed E-state index contributed by atoms with van der Waals surface area (Å²) in [5.41, 5.74) is 5.47. The van der Waals surface area contributed by atoms with Crippen LogP contribution in [-0.2, 0) is 4.74 Å². The van der Waals surface area contributed by atoms with Crippen LogP contribution >= 0.6 is 0 Å². The second-order valence-electron chi connectivity index (χ2n) is 4.34. The SMILES string of the molecule is CCN(CCCOCC(F)(F)F)CC(C)/C(N)=N/O. The topological polar surface area (TPSA) is 71.1 Å². The molecule has 0 aliphatic rings. The van der Waals surface area contributed by atoms with Gasteiger partial charge in [-0.3, -0.25) is 0 Å². The van der Waals surface area contributed by atoms with Gasteiger partial charge in [0.15, 0.2) is 0 Å². The Morgan fingerprint density at radius 3 is 2.58 bits per heavy atom. The van der Waals surface area contributed by atoms with Crippen molar-refractivity contribution in [1.82, 2.24) is 4.90 Å². The minimum Gasteiger partial charge on any atom is -0.409 e. The fourth-order valence-corrected chi connectivity index (χ4v) is 1.54. The smallest absolute Gasteiger partial charge is 0.409 e. The molecule has 8 heteroatoms. The summed E-state index contributed by atoms with van der Waals surface area (Å²) < 4.78 is 40.0. The molecule has 0 rings (SSSR count). The molecule has 0 radical (unpaired) electrons. The zero-order valence-corrected chi connectivity index (χ0v) is 11.3. The molecule has 0 amide bonds. The molecule has 0 saturated heterocycles. The molecular formula is C11H22F3N3O2. The van der Waals surface area contributed by atoms with Gasteiger partial charge >= 0.3 is 6.18 Å². The summed E-state index contributed by atoms with van der Waals surface area (Å²) in [5.74, 6) is 0.0350. The first kappa shape index (κ1) is 18.0. The highest BCUT2D eigenvalue weighted by Crippen LogP contribution is 2.14. The van der Waals surface area contributed by atoms with E-state index in [2.05, 4.69) is 9.89 Å². The lowest BCUT2D eigenvalue weighted by atomic mass is 10.1. The molecule has 3 N–H and O–H groups in total. The maximum Gasteiger partial charge on any atom is 0.411 e. The van der Waals surface area contributed by atoms with Gasteiger partial charge in [-0.15, -0.1) is 0 Å². The van der Waals surface area contributed by atoms with Crippen molar-refractivity contribution in [2.45, 2.75) is 26.4 Å². The minimum atomic E-state index is -4.27. The Labute approximate surface area is 111 Å². The van der Waals surface area contributed by atoms with E-state index in [1.807, 2.05) is 18.7 Å². The fourth-order valence-electron chi connectivity index (χ4n) is 1.54. The highest BCUT2D eigenvalue weighted by molar-refractivity contribution is 5.82. The summed E-state index contributed by atoms with van der Waals surface area (Å²) in [5, 5.41) is 11.5. The highest BCUT2D eigenvalue weighted by Gasteiger charge is 2.27. The molecule has 0 aliphatic heterocycles. The van der Waals surface area contributed by atoms with E-state index in [-0.39, 0.29) is 18.4 Å². The van der Waals surface area contributed by atoms with E-state index in [9.17, 15) is 13.2 Å². The number of halogens is 3. The zero-order chi connectivity index (χ0) is 14.9. The van der Waals surface area contributed by atoms with Crippen LogP contribution in [-0.4, -0.2) is 55.0 Å². The molecule has 0 aromatic heterocycles. The molecule has 114 valence electrons. The molecule has 1 atom stereocenters. The molecule has 0 aromatic rings. The Kier molecular flexibility index (Phi) is 8.49. The first-order valence-electron chi connectivity index (χ1n) is 6.14. The quantitative estimate of drug-likeness (QED) is 0.222. The van der Waals surface area contributed by atoms with E-state index in [1.54, 1.807) is 0 Å². The number of nitrogens with zero attached hydrogens (tertiary/aromatic N) is 2. The highest BCUT2D eigenvalue weighted by atomic mass is 19.4. The number of alkyl halides is 3. The summed E-state index contributed by atoms with van der Waals surface area (Å²) in [7, 11) is 0. The Balaban J connectivity index is 3.83. The summed E-state index contributed by atoms with van der Waals surface area (Å²) in [6.45, 7) is 4.55. The third-order valence-corrected chi connectivity index (χ3v) is 2.63. The van der Waals surface area contributed by atoms with Gasteiger partial charge in [-0.2, -0.15) is 13.2 Å². The van der Waals surface area contributed by atoms with Crippen molar-refractivity contribution in [2.75, 3.05) is 32.8 Å². The number of ether oxygens (including phenoxy) is 1. The van der Waals surface area contributed by atoms with Crippen molar-refractivity contribution in [1.29, 1.82) is 0 Å². The Bertz CT molecular complexity index is 272. The standard InChI is InChI=1S/C11H22F3N3O2/c1-3-17(7-9(2)10(15)16-18)5-4-6-19-8-11(12,13)14/h9,18H,3-8H2,1-2H3,(H2,15,16). The van der Waals surface area contributed by atoms with E-state index >= 15 is 0 Å². The summed E-state index contributed by atoms with van der Waals surface area (Å²) >= 11 is 0. The van der Waals surface area contributed by atoms with Crippen molar-refractivity contribution >= 4 is 5.84 Å². The summed E-state index contributed by atoms with van der Waals surface area (Å²) in [6, 6.07) is 0. The van der Waals surface area contributed by atoms with Gasteiger partial charge in [-0.1, -0.05) is 19.0 Å². The van der Waals surface area contributed by atoms with Gasteiger partial charge in [0.2, 0.25) is 0 Å². The van der Waals surface area contributed by atoms with Crippen LogP contribution in [0.25, 0.3) is 0 Å². The van der Waals surface area contributed by atoms with Crippen LogP contribution in [0.1, 0.15) is 20.3 Å². The van der Waals surface area contributed by atoms with Crippen LogP contribution in [0.15, 0.2) is 5.16 Å². The predicted octanol–water partition coefficient (Wildman–Crippen LogP) is 1.66. The predicted molar refractivity (Wildman–Crippen MR) is 66.2 cm³/mol. The Morgan fingerprint density at radius 1 is 1.47 bits per heavy atom. The van der Waals surface area contributed by atoms with Crippen LogP contribution < -0.4 is 5.73 Å². The number of rotatable bonds is 9. The lowest BCUT2D eigenvalue weighted by molar-refractivity contribution is -0.174. The van der Waals surface area contributed by atoms with Gasteiger partial charge in [-0.05, 0) is 13.0 Å². The molecule has 0 heterocycles. The lowest BCUT2D eigenvalue weighted by Gasteiger charge is -2.23. The van der Waals surface area contributed by atoms with Crippen molar-refractivity contribution in [3.8, 4) is 0 Å². The van der Waals surface area contributed by atoms with Crippen molar-refractivity contribution in [3.05, 3.63) is 0 Å². The first-order chi connectivity index (χ1) is 8.80. The van der Waals surface area contributed by atoms with Crippen LogP contribution in [0, 0.1) is 5.92 Å². The molecule has 0 saturated carbocycles. The van der Waals surface area contributed by atoms with E-state index in [0.717, 1.165) is 6.54 Å². The maximum atomic E-state index is 11.8. The molecule has 0 aromatic carbocycles. The maximum absolute atomic E-state index is 11.8. The third kappa shape index (κ3) is 9.54. The zero-order valence-electron chi connectivity index (χ0n) is 11.3. The average Bonchev–Trinajstić information content (AvgIpc) is 2.34. The second kappa shape index (κ2) is 8.98. The molecule has 0 aliphatic carbocycles. The largest absolute Gasteiger partial charge is 0.411 e. The normalized spacial score (nSPS) is 14.9. The van der Waals surface area contributed by atoms with E-state index in [0.29, 0.717) is 19.5 Å². The molecule has 1 unspecified atom stereocenters. The van der Waals surface area contributed by atoms with Gasteiger partial charge in [0.25, 0.3) is 0 Å². The van der Waals surface area contributed by atoms with Crippen LogP contribution in [0.3, 0.4) is 0 Å². The monoisotopic (exact) mass is 285 g/mol. The molecule has 0 spiro atoms. The molecule has 0 bridgehead atoms. The summed E-state index contributed by atoms with van der Waals surface area (Å²) in [6.07, 6.45) is -3.77. The van der Waals surface area contributed by atoms with Crippen molar-refractivity contribution in [2.24, 2.45) is 16.8 Å². The number of hydrogen-bond acceptors (Lipinski definition) is 4. The number of hydrogen-bond donors (Lipinski definition) is 2. The van der Waals surface area contributed by atoms with Crippen molar-refractivity contribution < 1.29 is 23.1 Å². The van der Waals surface area contributed by atoms with Gasteiger partial charge in [0.05, 0.1) is 0 Å². The van der Waals surface area contributed by atoms with E-state index < -0.39 is 12.8 Å². The molecule has 5 nitrogen and oxygen atoms in total. The Morgan fingerprint density at radius 2 is 2.11 bits per heavy atom. The minimum absolute atomic E-state index is 0.0635. The third-order valence-electron chi connectivity index (χ3n) is 2.63. The molecular weight excluding hydrogens is 263 g/mol. The number of oxime groups is 1. The van der Waals surface area contributed by atoms with Gasteiger partial charge < -0.3 is 20.6 Å². The molecule has 19 heavy (non-hydrogen) atoms. The number of nitrogens with two attached hydrogens (primary N) is 1. The van der Waals surface area contributed by atoms with Crippen LogP contribution in [0.5, 0.6) is 0 Å². The van der Waals surface area contributed by atoms with Crippen LogP contribution in [0.2, 0.25) is 0 Å². The van der Waals surface area contributed by atoms with Gasteiger partial charge in [0, 0.05) is 25.6 Å². The average molecular weight is 285 g/mol. The second-order valence-corrected chi connectivity index (χ2v) is 4.34. The Hall–Kier alpha value is -1.02. The van der Waals surface area contributed by atoms with Crippen molar-refractivity contribution in [3.63, 3.8) is 0 Å². The van der Waals surface area contributed by atoms with Gasteiger partial charge in [0.1, 0.15) is 12.4 Å².